The average molecular weight is 489 g/mol. The van der Waals surface area contributed by atoms with Crippen LogP contribution in [0, 0.1) is 11.3 Å². The zero-order valence-electron chi connectivity index (χ0n) is 21.4. The summed E-state index contributed by atoms with van der Waals surface area (Å²) in [5.41, 5.74) is 4.73. The van der Waals surface area contributed by atoms with Crippen molar-refractivity contribution in [3.05, 3.63) is 48.0 Å². The maximum Gasteiger partial charge on any atom is 0.203 e. The van der Waals surface area contributed by atoms with Gasteiger partial charge in [-0.15, -0.1) is 0 Å². The molecule has 4 rings (SSSR count). The Morgan fingerprint density at radius 3 is 2.06 bits per heavy atom. The summed E-state index contributed by atoms with van der Waals surface area (Å²) in [6.07, 6.45) is 0.935. The molecule has 0 amide bonds. The minimum absolute atomic E-state index is 0.330. The van der Waals surface area contributed by atoms with Crippen LogP contribution < -0.4 is 24.0 Å². The van der Waals surface area contributed by atoms with E-state index in [1.165, 1.54) is 0 Å². The first-order valence-electron chi connectivity index (χ1n) is 11.9. The van der Waals surface area contributed by atoms with Gasteiger partial charge in [-0.1, -0.05) is 12.1 Å². The molecular formula is C28H32N4O4. The predicted octanol–water partition coefficient (Wildman–Crippen LogP) is 4.34. The highest BCUT2D eigenvalue weighted by molar-refractivity contribution is 5.83. The molecule has 0 bridgehead atoms. The zero-order valence-corrected chi connectivity index (χ0v) is 21.4. The molecule has 1 fully saturated rings. The maximum absolute atomic E-state index is 10.3. The van der Waals surface area contributed by atoms with Crippen molar-refractivity contribution in [2.24, 2.45) is 0 Å². The summed E-state index contributed by atoms with van der Waals surface area (Å²) >= 11 is 0. The third-order valence-electron chi connectivity index (χ3n) is 6.53. The number of anilines is 2. The van der Waals surface area contributed by atoms with Crippen molar-refractivity contribution in [1.82, 2.24) is 4.98 Å². The summed E-state index contributed by atoms with van der Waals surface area (Å²) in [6, 6.07) is 16.2. The van der Waals surface area contributed by atoms with Crippen LogP contribution in [0.2, 0.25) is 0 Å². The molecular weight excluding hydrogens is 456 g/mol. The van der Waals surface area contributed by atoms with Gasteiger partial charge in [-0.2, -0.15) is 5.26 Å². The number of aliphatic hydroxyl groups is 1. The lowest BCUT2D eigenvalue weighted by molar-refractivity contribution is 0.145. The van der Waals surface area contributed by atoms with Crippen LogP contribution in [0.1, 0.15) is 18.4 Å². The summed E-state index contributed by atoms with van der Waals surface area (Å²) in [6.45, 7) is 1.25. The number of rotatable bonds is 7. The lowest BCUT2D eigenvalue weighted by atomic mass is 9.96. The van der Waals surface area contributed by atoms with Crippen LogP contribution in [0.5, 0.6) is 17.2 Å². The van der Waals surface area contributed by atoms with Gasteiger partial charge >= 0.3 is 0 Å². The number of piperidine rings is 1. The molecule has 188 valence electrons. The van der Waals surface area contributed by atoms with E-state index in [2.05, 4.69) is 11.0 Å². The molecule has 2 aromatic carbocycles. The van der Waals surface area contributed by atoms with E-state index in [0.717, 1.165) is 28.1 Å². The molecule has 0 radical (unpaired) electrons. The third-order valence-corrected chi connectivity index (χ3v) is 6.53. The molecule has 0 saturated carbocycles. The van der Waals surface area contributed by atoms with Crippen LogP contribution in [-0.2, 0) is 0 Å². The minimum Gasteiger partial charge on any atom is -0.493 e. The van der Waals surface area contributed by atoms with E-state index in [1.807, 2.05) is 61.5 Å². The van der Waals surface area contributed by atoms with Gasteiger partial charge < -0.3 is 29.1 Å². The third kappa shape index (κ3) is 4.88. The van der Waals surface area contributed by atoms with Gasteiger partial charge in [0.2, 0.25) is 5.75 Å². The van der Waals surface area contributed by atoms with Crippen molar-refractivity contribution in [2.75, 3.05) is 58.3 Å². The number of hydrogen-bond donors (Lipinski definition) is 1. The Balaban J connectivity index is 1.94. The molecule has 1 aromatic heterocycles. The highest BCUT2D eigenvalue weighted by Gasteiger charge is 2.25. The second-order valence-corrected chi connectivity index (χ2v) is 8.94. The van der Waals surface area contributed by atoms with E-state index in [0.29, 0.717) is 54.6 Å². The molecule has 1 N–H and O–H groups in total. The molecule has 3 aromatic rings. The summed E-state index contributed by atoms with van der Waals surface area (Å²) in [5, 5.41) is 20.3. The van der Waals surface area contributed by atoms with Crippen LogP contribution in [-0.4, -0.2) is 64.7 Å². The first-order chi connectivity index (χ1) is 17.4. The fraction of sp³-hybridized carbons (Fsp3) is 0.357. The van der Waals surface area contributed by atoms with Crippen LogP contribution >= 0.6 is 0 Å². The molecule has 1 aliphatic heterocycles. The molecule has 0 spiro atoms. The second-order valence-electron chi connectivity index (χ2n) is 8.94. The first kappa shape index (κ1) is 25.1. The molecule has 1 aliphatic rings. The van der Waals surface area contributed by atoms with Crippen molar-refractivity contribution in [3.63, 3.8) is 0 Å². The Morgan fingerprint density at radius 1 is 0.944 bits per heavy atom. The summed E-state index contributed by atoms with van der Waals surface area (Å²) in [4.78, 5) is 9.09. The van der Waals surface area contributed by atoms with E-state index in [9.17, 15) is 10.4 Å². The molecule has 0 atom stereocenters. The fourth-order valence-electron chi connectivity index (χ4n) is 4.49. The van der Waals surface area contributed by atoms with Gasteiger partial charge in [-0.3, -0.25) is 0 Å². The van der Waals surface area contributed by atoms with Gasteiger partial charge in [0.05, 0.1) is 33.1 Å². The Bertz CT molecular complexity index is 1230. The number of nitrogens with zero attached hydrogens (tertiary/aromatic N) is 4. The van der Waals surface area contributed by atoms with Crippen LogP contribution in [0.4, 0.5) is 11.5 Å². The first-order valence-corrected chi connectivity index (χ1v) is 11.9. The van der Waals surface area contributed by atoms with Gasteiger partial charge in [0, 0.05) is 44.0 Å². The van der Waals surface area contributed by atoms with Crippen molar-refractivity contribution in [1.29, 1.82) is 5.26 Å². The van der Waals surface area contributed by atoms with E-state index in [-0.39, 0.29) is 6.10 Å². The smallest absolute Gasteiger partial charge is 0.203 e. The van der Waals surface area contributed by atoms with Crippen LogP contribution in [0.3, 0.4) is 0 Å². The highest BCUT2D eigenvalue weighted by atomic mass is 16.5. The molecule has 0 aliphatic carbocycles. The molecule has 8 heteroatoms. The summed E-state index contributed by atoms with van der Waals surface area (Å²) < 4.78 is 16.6. The zero-order chi connectivity index (χ0) is 25.8. The average Bonchev–Trinajstić information content (AvgIpc) is 2.91. The van der Waals surface area contributed by atoms with Gasteiger partial charge in [0.15, 0.2) is 11.5 Å². The molecule has 1 saturated heterocycles. The number of ether oxygens (including phenoxy) is 3. The number of hydrogen-bond acceptors (Lipinski definition) is 8. The topological polar surface area (TPSA) is 91.1 Å². The van der Waals surface area contributed by atoms with Crippen molar-refractivity contribution in [2.45, 2.75) is 18.9 Å². The van der Waals surface area contributed by atoms with E-state index in [1.54, 1.807) is 21.3 Å². The van der Waals surface area contributed by atoms with Crippen molar-refractivity contribution in [3.8, 4) is 45.7 Å². The normalized spacial score (nSPS) is 13.8. The van der Waals surface area contributed by atoms with Gasteiger partial charge in [0.25, 0.3) is 0 Å². The number of methoxy groups -OCH3 is 3. The molecule has 2 heterocycles. The minimum atomic E-state index is -0.330. The quantitative estimate of drug-likeness (QED) is 0.525. The Morgan fingerprint density at radius 2 is 1.56 bits per heavy atom. The van der Waals surface area contributed by atoms with Crippen LogP contribution in [0.15, 0.2) is 42.5 Å². The number of benzene rings is 2. The lowest BCUT2D eigenvalue weighted by Gasteiger charge is -2.32. The number of pyridine rings is 1. The Hall–Kier alpha value is -3.96. The molecule has 0 unspecified atom stereocenters. The van der Waals surface area contributed by atoms with E-state index < -0.39 is 0 Å². The van der Waals surface area contributed by atoms with Gasteiger partial charge in [-0.25, -0.2) is 4.98 Å². The maximum atomic E-state index is 10.3. The Labute approximate surface area is 212 Å². The monoisotopic (exact) mass is 488 g/mol. The van der Waals surface area contributed by atoms with Crippen molar-refractivity contribution >= 4 is 11.5 Å². The van der Waals surface area contributed by atoms with Gasteiger partial charge in [0.1, 0.15) is 17.5 Å². The standard InChI is InChI=1S/C28H32N4O4/c1-31(2)20-8-6-18(7-9-20)24-16-22(19-14-25(34-3)27(36-5)26(15-19)35-4)23(17-29)28(30-24)32-12-10-21(33)11-13-32/h6-9,14-16,21,33H,10-13H2,1-5H3. The predicted molar refractivity (Wildman–Crippen MR) is 141 cm³/mol. The Kier molecular flexibility index (Phi) is 7.51. The van der Waals surface area contributed by atoms with Gasteiger partial charge in [-0.05, 0) is 48.7 Å². The highest BCUT2D eigenvalue weighted by Crippen LogP contribution is 2.43. The number of aromatic nitrogens is 1. The summed E-state index contributed by atoms with van der Waals surface area (Å²) in [7, 11) is 8.70. The SMILES string of the molecule is COc1cc(-c2cc(-c3ccc(N(C)C)cc3)nc(N3CCC(O)CC3)c2C#N)cc(OC)c1OC. The molecule has 36 heavy (non-hydrogen) atoms. The largest absolute Gasteiger partial charge is 0.493 e. The molecule has 8 nitrogen and oxygen atoms in total. The van der Waals surface area contributed by atoms with E-state index in [4.69, 9.17) is 19.2 Å². The number of nitriles is 1. The van der Waals surface area contributed by atoms with Crippen LogP contribution in [0.25, 0.3) is 22.4 Å². The summed E-state index contributed by atoms with van der Waals surface area (Å²) in [5.74, 6) is 2.11. The van der Waals surface area contributed by atoms with Crippen molar-refractivity contribution < 1.29 is 19.3 Å². The number of aliphatic hydroxyl groups excluding tert-OH is 1. The lowest BCUT2D eigenvalue weighted by Crippen LogP contribution is -2.37. The van der Waals surface area contributed by atoms with E-state index >= 15 is 0 Å². The second kappa shape index (κ2) is 10.8. The fourth-order valence-corrected chi connectivity index (χ4v) is 4.49.